The molecule has 1 N–H and O–H groups in total. The third kappa shape index (κ3) is 3.94. The van der Waals surface area contributed by atoms with Gasteiger partial charge in [-0.05, 0) is 37.5 Å². The Morgan fingerprint density at radius 3 is 2.33 bits per heavy atom. The number of aromatic nitrogens is 3. The fourth-order valence-electron chi connectivity index (χ4n) is 4.28. The highest BCUT2D eigenvalue weighted by atomic mass is 15.3. The molecule has 3 heterocycles. The average Bonchev–Trinajstić information content (AvgIpc) is 3.12. The molecule has 0 spiro atoms. The third-order valence-corrected chi connectivity index (χ3v) is 5.94. The molecule has 0 amide bonds. The van der Waals surface area contributed by atoms with Crippen LogP contribution in [0.1, 0.15) is 24.1 Å². The number of hydrogen-bond donors (Lipinski definition) is 1. The SMILES string of the molecule is Cc1c(-c2ccccc2)nc2ccc(NC3CCN(Cc4ccccc4)CC3)nn12. The maximum absolute atomic E-state index is 4.83. The monoisotopic (exact) mass is 397 g/mol. The number of nitrogens with one attached hydrogen (secondary N) is 1. The Kier molecular flexibility index (Phi) is 5.20. The second-order valence-electron chi connectivity index (χ2n) is 8.08. The lowest BCUT2D eigenvalue weighted by Crippen LogP contribution is -2.38. The Bertz CT molecular complexity index is 1110. The molecule has 1 aliphatic heterocycles. The van der Waals surface area contributed by atoms with Gasteiger partial charge >= 0.3 is 0 Å². The van der Waals surface area contributed by atoms with Crippen molar-refractivity contribution in [2.75, 3.05) is 18.4 Å². The van der Waals surface area contributed by atoms with Crippen LogP contribution in [0, 0.1) is 6.92 Å². The highest BCUT2D eigenvalue weighted by Gasteiger charge is 2.20. The van der Waals surface area contributed by atoms with Crippen molar-refractivity contribution in [3.63, 3.8) is 0 Å². The standard InChI is InChI=1S/C25H27N5/c1-19-25(21-10-6-3-7-11-21)27-24-13-12-23(28-30(19)24)26-22-14-16-29(17-15-22)18-20-8-4-2-5-9-20/h2-13,22H,14-18H2,1H3,(H,26,28). The second kappa shape index (κ2) is 8.28. The lowest BCUT2D eigenvalue weighted by atomic mass is 10.0. The van der Waals surface area contributed by atoms with Crippen molar-refractivity contribution < 1.29 is 0 Å². The summed E-state index contributed by atoms with van der Waals surface area (Å²) in [7, 11) is 0. The van der Waals surface area contributed by atoms with E-state index in [1.165, 1.54) is 5.56 Å². The Hall–Kier alpha value is -3.18. The summed E-state index contributed by atoms with van der Waals surface area (Å²) >= 11 is 0. The molecule has 1 aliphatic rings. The summed E-state index contributed by atoms with van der Waals surface area (Å²) in [5.41, 5.74) is 5.46. The van der Waals surface area contributed by atoms with Crippen molar-refractivity contribution >= 4 is 11.5 Å². The molecule has 2 aromatic carbocycles. The van der Waals surface area contributed by atoms with Crippen LogP contribution in [-0.2, 0) is 6.54 Å². The molecule has 5 heteroatoms. The molecule has 5 nitrogen and oxygen atoms in total. The van der Waals surface area contributed by atoms with Gasteiger partial charge in [0, 0.05) is 31.2 Å². The van der Waals surface area contributed by atoms with E-state index in [0.29, 0.717) is 6.04 Å². The Morgan fingerprint density at radius 1 is 0.900 bits per heavy atom. The first-order valence-corrected chi connectivity index (χ1v) is 10.7. The molecule has 30 heavy (non-hydrogen) atoms. The minimum atomic E-state index is 0.458. The van der Waals surface area contributed by atoms with Crippen molar-refractivity contribution in [1.29, 1.82) is 0 Å². The lowest BCUT2D eigenvalue weighted by Gasteiger charge is -2.32. The fraction of sp³-hybridized carbons (Fsp3) is 0.280. The number of fused-ring (bicyclic) bond motifs is 1. The van der Waals surface area contributed by atoms with Crippen LogP contribution in [0.3, 0.4) is 0 Å². The van der Waals surface area contributed by atoms with Crippen LogP contribution in [-0.4, -0.2) is 38.6 Å². The smallest absolute Gasteiger partial charge is 0.154 e. The molecule has 0 aliphatic carbocycles. The van der Waals surface area contributed by atoms with E-state index >= 15 is 0 Å². The molecule has 152 valence electrons. The Labute approximate surface area is 177 Å². The molecule has 1 fully saturated rings. The van der Waals surface area contributed by atoms with Gasteiger partial charge in [-0.1, -0.05) is 60.7 Å². The summed E-state index contributed by atoms with van der Waals surface area (Å²) < 4.78 is 1.95. The number of imidazole rings is 1. The summed E-state index contributed by atoms with van der Waals surface area (Å²) in [5.74, 6) is 0.920. The van der Waals surface area contributed by atoms with Crippen LogP contribution >= 0.6 is 0 Å². The molecule has 5 rings (SSSR count). The third-order valence-electron chi connectivity index (χ3n) is 5.94. The molecule has 0 bridgehead atoms. The largest absolute Gasteiger partial charge is 0.366 e. The maximum atomic E-state index is 4.83. The van der Waals surface area contributed by atoms with Gasteiger partial charge in [0.05, 0.1) is 11.4 Å². The van der Waals surface area contributed by atoms with Crippen LogP contribution in [0.2, 0.25) is 0 Å². The van der Waals surface area contributed by atoms with Gasteiger partial charge in [-0.2, -0.15) is 0 Å². The number of rotatable bonds is 5. The summed E-state index contributed by atoms with van der Waals surface area (Å²) in [6.45, 7) is 5.34. The van der Waals surface area contributed by atoms with Crippen molar-refractivity contribution in [2.24, 2.45) is 0 Å². The van der Waals surface area contributed by atoms with Gasteiger partial charge in [0.15, 0.2) is 5.65 Å². The molecule has 0 saturated carbocycles. The van der Waals surface area contributed by atoms with Crippen LogP contribution in [0.5, 0.6) is 0 Å². The first kappa shape index (κ1) is 18.8. The number of likely N-dealkylation sites (tertiary alicyclic amines) is 1. The second-order valence-corrected chi connectivity index (χ2v) is 8.08. The quantitative estimate of drug-likeness (QED) is 0.526. The zero-order chi connectivity index (χ0) is 20.3. The van der Waals surface area contributed by atoms with Gasteiger partial charge < -0.3 is 5.32 Å². The summed E-state index contributed by atoms with van der Waals surface area (Å²) in [5, 5.41) is 8.48. The van der Waals surface area contributed by atoms with E-state index in [1.54, 1.807) is 0 Å². The molecule has 4 aromatic rings. The van der Waals surface area contributed by atoms with E-state index < -0.39 is 0 Å². The van der Waals surface area contributed by atoms with E-state index in [0.717, 1.165) is 60.9 Å². The molecule has 0 radical (unpaired) electrons. The number of hydrogen-bond acceptors (Lipinski definition) is 4. The summed E-state index contributed by atoms with van der Waals surface area (Å²) in [4.78, 5) is 7.32. The first-order valence-electron chi connectivity index (χ1n) is 10.7. The number of piperidine rings is 1. The van der Waals surface area contributed by atoms with Gasteiger partial charge in [0.25, 0.3) is 0 Å². The minimum absolute atomic E-state index is 0.458. The van der Waals surface area contributed by atoms with E-state index in [2.05, 4.69) is 65.7 Å². The first-order chi connectivity index (χ1) is 14.8. The number of benzene rings is 2. The number of aryl methyl sites for hydroxylation is 1. The summed E-state index contributed by atoms with van der Waals surface area (Å²) in [6.07, 6.45) is 2.26. The van der Waals surface area contributed by atoms with Crippen molar-refractivity contribution in [2.45, 2.75) is 32.4 Å². The Morgan fingerprint density at radius 2 is 1.60 bits per heavy atom. The van der Waals surface area contributed by atoms with Gasteiger partial charge in [0.2, 0.25) is 0 Å². The lowest BCUT2D eigenvalue weighted by molar-refractivity contribution is 0.211. The molecule has 2 aromatic heterocycles. The van der Waals surface area contributed by atoms with E-state index in [4.69, 9.17) is 10.1 Å². The van der Waals surface area contributed by atoms with Crippen molar-refractivity contribution in [1.82, 2.24) is 19.5 Å². The van der Waals surface area contributed by atoms with Crippen LogP contribution < -0.4 is 5.32 Å². The minimum Gasteiger partial charge on any atom is -0.366 e. The van der Waals surface area contributed by atoms with Crippen LogP contribution in [0.4, 0.5) is 5.82 Å². The molecule has 1 saturated heterocycles. The fourth-order valence-corrected chi connectivity index (χ4v) is 4.28. The highest BCUT2D eigenvalue weighted by molar-refractivity contribution is 5.66. The summed E-state index contributed by atoms with van der Waals surface area (Å²) in [6, 6.07) is 25.6. The van der Waals surface area contributed by atoms with Crippen molar-refractivity contribution in [3.8, 4) is 11.3 Å². The van der Waals surface area contributed by atoms with Crippen LogP contribution in [0.25, 0.3) is 16.9 Å². The Balaban J connectivity index is 1.26. The molecular formula is C25H27N5. The average molecular weight is 398 g/mol. The van der Waals surface area contributed by atoms with Crippen LogP contribution in [0.15, 0.2) is 72.8 Å². The van der Waals surface area contributed by atoms with E-state index in [1.807, 2.05) is 28.8 Å². The number of nitrogens with zero attached hydrogens (tertiary/aromatic N) is 4. The van der Waals surface area contributed by atoms with E-state index in [9.17, 15) is 0 Å². The van der Waals surface area contributed by atoms with Gasteiger partial charge in [-0.3, -0.25) is 4.90 Å². The predicted molar refractivity (Wildman–Crippen MR) is 122 cm³/mol. The van der Waals surface area contributed by atoms with Crippen molar-refractivity contribution in [3.05, 3.63) is 84.1 Å². The number of anilines is 1. The zero-order valence-corrected chi connectivity index (χ0v) is 17.3. The van der Waals surface area contributed by atoms with Gasteiger partial charge in [-0.25, -0.2) is 9.50 Å². The topological polar surface area (TPSA) is 45.5 Å². The molecule has 0 unspecified atom stereocenters. The predicted octanol–water partition coefficient (Wildman–Crippen LogP) is 4.78. The maximum Gasteiger partial charge on any atom is 0.154 e. The van der Waals surface area contributed by atoms with E-state index in [-0.39, 0.29) is 0 Å². The molecule has 0 atom stereocenters. The highest BCUT2D eigenvalue weighted by Crippen LogP contribution is 2.24. The zero-order valence-electron chi connectivity index (χ0n) is 17.3. The normalized spacial score (nSPS) is 15.5. The van der Waals surface area contributed by atoms with Gasteiger partial charge in [0.1, 0.15) is 5.82 Å². The molecular weight excluding hydrogens is 370 g/mol. The van der Waals surface area contributed by atoms with Gasteiger partial charge in [-0.15, -0.1) is 5.10 Å².